The van der Waals surface area contributed by atoms with E-state index in [4.69, 9.17) is 4.74 Å². The van der Waals surface area contributed by atoms with Gasteiger partial charge in [0.1, 0.15) is 5.60 Å². The Morgan fingerprint density at radius 3 is 2.48 bits per heavy atom. The van der Waals surface area contributed by atoms with Gasteiger partial charge in [0, 0.05) is 18.3 Å². The Balaban J connectivity index is 2.22. The quantitative estimate of drug-likeness (QED) is 0.652. The topological polar surface area (TPSA) is 58.6 Å². The second kappa shape index (κ2) is 7.72. The molecule has 0 radical (unpaired) electrons. The lowest BCUT2D eigenvalue weighted by molar-refractivity contribution is -0.148. The Bertz CT molecular complexity index is 645. The van der Waals surface area contributed by atoms with Crippen LogP contribution in [0.25, 0.3) is 0 Å². The summed E-state index contributed by atoms with van der Waals surface area (Å²) < 4.78 is 5.36. The van der Waals surface area contributed by atoms with Crippen LogP contribution in [-0.4, -0.2) is 28.5 Å². The first kappa shape index (κ1) is 19.0. The zero-order chi connectivity index (χ0) is 18.6. The van der Waals surface area contributed by atoms with Crippen molar-refractivity contribution in [3.63, 3.8) is 0 Å². The lowest BCUT2D eigenvalue weighted by Crippen LogP contribution is -2.34. The second-order valence-corrected chi connectivity index (χ2v) is 7.82. The highest BCUT2D eigenvalue weighted by molar-refractivity contribution is 5.87. The number of carbonyl (C=O) groups is 2. The third kappa shape index (κ3) is 5.62. The van der Waals surface area contributed by atoms with Crippen molar-refractivity contribution < 1.29 is 14.3 Å². The van der Waals surface area contributed by atoms with Gasteiger partial charge >= 0.3 is 12.0 Å². The minimum absolute atomic E-state index is 0.153. The molecule has 0 unspecified atom stereocenters. The van der Waals surface area contributed by atoms with Crippen molar-refractivity contribution >= 4 is 12.0 Å². The van der Waals surface area contributed by atoms with Crippen LogP contribution in [0.1, 0.15) is 46.6 Å². The molecule has 0 bridgehead atoms. The van der Waals surface area contributed by atoms with Gasteiger partial charge in [0.2, 0.25) is 0 Å². The molecule has 0 saturated carbocycles. The first-order chi connectivity index (χ1) is 11.7. The SMILES string of the molecule is CC(C)C[C@H]1/C(=C/C(=O)OC(C)(C)C)NC(=O)N1Cc1ccccc1. The van der Waals surface area contributed by atoms with Crippen LogP contribution < -0.4 is 5.32 Å². The number of hydrogen-bond donors (Lipinski definition) is 1. The van der Waals surface area contributed by atoms with Crippen LogP contribution >= 0.6 is 0 Å². The average molecular weight is 344 g/mol. The van der Waals surface area contributed by atoms with E-state index >= 15 is 0 Å². The van der Waals surface area contributed by atoms with E-state index in [2.05, 4.69) is 19.2 Å². The van der Waals surface area contributed by atoms with Crippen LogP contribution in [0.5, 0.6) is 0 Å². The van der Waals surface area contributed by atoms with E-state index in [1.807, 2.05) is 51.1 Å². The highest BCUT2D eigenvalue weighted by Crippen LogP contribution is 2.26. The molecule has 1 saturated heterocycles. The summed E-state index contributed by atoms with van der Waals surface area (Å²) in [5.74, 6) is -0.0453. The molecule has 1 aliphatic rings. The van der Waals surface area contributed by atoms with Gasteiger partial charge < -0.3 is 15.0 Å². The molecule has 1 heterocycles. The molecule has 0 spiro atoms. The highest BCUT2D eigenvalue weighted by Gasteiger charge is 2.36. The van der Waals surface area contributed by atoms with Crippen molar-refractivity contribution in [2.24, 2.45) is 5.92 Å². The van der Waals surface area contributed by atoms with Crippen molar-refractivity contribution in [3.8, 4) is 0 Å². The van der Waals surface area contributed by atoms with Crippen LogP contribution in [0, 0.1) is 5.92 Å². The molecule has 0 aromatic heterocycles. The van der Waals surface area contributed by atoms with Crippen LogP contribution in [0.3, 0.4) is 0 Å². The summed E-state index contributed by atoms with van der Waals surface area (Å²) in [5.41, 5.74) is 1.11. The normalized spacial score (nSPS) is 19.4. The minimum Gasteiger partial charge on any atom is -0.457 e. The molecular formula is C20H28N2O3. The molecule has 1 aromatic carbocycles. The molecule has 0 aliphatic carbocycles. The summed E-state index contributed by atoms with van der Waals surface area (Å²) in [6.07, 6.45) is 2.20. The predicted octanol–water partition coefficient (Wildman–Crippen LogP) is 3.85. The summed E-state index contributed by atoms with van der Waals surface area (Å²) in [6.45, 7) is 10.2. The molecule has 2 rings (SSSR count). The number of rotatable bonds is 5. The molecule has 5 heteroatoms. The van der Waals surface area contributed by atoms with Crippen molar-refractivity contribution in [1.29, 1.82) is 0 Å². The summed E-state index contributed by atoms with van der Waals surface area (Å²) in [5, 5.41) is 2.84. The Morgan fingerprint density at radius 2 is 1.92 bits per heavy atom. The van der Waals surface area contributed by atoms with E-state index in [1.54, 1.807) is 4.90 Å². The Kier molecular flexibility index (Phi) is 5.88. The van der Waals surface area contributed by atoms with E-state index in [0.717, 1.165) is 12.0 Å². The van der Waals surface area contributed by atoms with Gasteiger partial charge in [-0.3, -0.25) is 0 Å². The van der Waals surface area contributed by atoms with Crippen LogP contribution in [0.15, 0.2) is 42.1 Å². The van der Waals surface area contributed by atoms with Gasteiger partial charge in [-0.2, -0.15) is 0 Å². The zero-order valence-electron chi connectivity index (χ0n) is 15.7. The Morgan fingerprint density at radius 1 is 1.28 bits per heavy atom. The summed E-state index contributed by atoms with van der Waals surface area (Å²) >= 11 is 0. The largest absolute Gasteiger partial charge is 0.457 e. The predicted molar refractivity (Wildman–Crippen MR) is 97.7 cm³/mol. The number of carbonyl (C=O) groups excluding carboxylic acids is 2. The number of benzene rings is 1. The third-order valence-electron chi connectivity index (χ3n) is 3.82. The Hall–Kier alpha value is -2.30. The zero-order valence-corrected chi connectivity index (χ0v) is 15.7. The highest BCUT2D eigenvalue weighted by atomic mass is 16.6. The van der Waals surface area contributed by atoms with Gasteiger partial charge in [0.25, 0.3) is 0 Å². The molecular weight excluding hydrogens is 316 g/mol. The molecule has 2 amide bonds. The first-order valence-electron chi connectivity index (χ1n) is 8.72. The number of ether oxygens (including phenoxy) is 1. The van der Waals surface area contributed by atoms with Crippen LogP contribution in [0.2, 0.25) is 0 Å². The lowest BCUT2D eigenvalue weighted by Gasteiger charge is -2.25. The maximum Gasteiger partial charge on any atom is 0.333 e. The molecule has 1 fully saturated rings. The number of nitrogens with zero attached hydrogens (tertiary/aromatic N) is 1. The van der Waals surface area contributed by atoms with E-state index in [-0.39, 0.29) is 12.1 Å². The van der Waals surface area contributed by atoms with E-state index in [1.165, 1.54) is 6.08 Å². The average Bonchev–Trinajstić information content (AvgIpc) is 2.74. The molecule has 136 valence electrons. The van der Waals surface area contributed by atoms with Crippen LogP contribution in [-0.2, 0) is 16.1 Å². The summed E-state index contributed by atoms with van der Waals surface area (Å²) in [7, 11) is 0. The van der Waals surface area contributed by atoms with Gasteiger partial charge in [-0.05, 0) is 38.7 Å². The number of nitrogens with one attached hydrogen (secondary N) is 1. The fourth-order valence-electron chi connectivity index (χ4n) is 2.84. The first-order valence-corrected chi connectivity index (χ1v) is 8.72. The van der Waals surface area contributed by atoms with Crippen LogP contribution in [0.4, 0.5) is 4.79 Å². The maximum atomic E-state index is 12.5. The lowest BCUT2D eigenvalue weighted by atomic mass is 10.00. The third-order valence-corrected chi connectivity index (χ3v) is 3.82. The number of urea groups is 1. The number of esters is 1. The van der Waals surface area contributed by atoms with Crippen molar-refractivity contribution in [2.45, 2.75) is 59.2 Å². The minimum atomic E-state index is -0.561. The molecule has 5 nitrogen and oxygen atoms in total. The van der Waals surface area contributed by atoms with Crippen molar-refractivity contribution in [2.75, 3.05) is 0 Å². The molecule has 1 aromatic rings. The molecule has 1 N–H and O–H groups in total. The van der Waals surface area contributed by atoms with E-state index in [9.17, 15) is 9.59 Å². The fourth-order valence-corrected chi connectivity index (χ4v) is 2.84. The summed E-state index contributed by atoms with van der Waals surface area (Å²) in [4.78, 5) is 26.4. The second-order valence-electron chi connectivity index (χ2n) is 7.82. The van der Waals surface area contributed by atoms with Gasteiger partial charge in [-0.1, -0.05) is 44.2 Å². The van der Waals surface area contributed by atoms with E-state index < -0.39 is 11.6 Å². The number of hydrogen-bond acceptors (Lipinski definition) is 3. The maximum absolute atomic E-state index is 12.5. The van der Waals surface area contributed by atoms with Gasteiger partial charge in [0.05, 0.1) is 6.04 Å². The van der Waals surface area contributed by atoms with Crippen molar-refractivity contribution in [1.82, 2.24) is 10.2 Å². The van der Waals surface area contributed by atoms with Gasteiger partial charge in [0.15, 0.2) is 0 Å². The van der Waals surface area contributed by atoms with Gasteiger partial charge in [-0.25, -0.2) is 9.59 Å². The summed E-state index contributed by atoms with van der Waals surface area (Å²) in [6, 6.07) is 9.53. The molecule has 1 atom stereocenters. The van der Waals surface area contributed by atoms with Crippen molar-refractivity contribution in [3.05, 3.63) is 47.7 Å². The molecule has 25 heavy (non-hydrogen) atoms. The molecule has 1 aliphatic heterocycles. The number of amides is 2. The Labute approximate surface area is 150 Å². The smallest absolute Gasteiger partial charge is 0.333 e. The van der Waals surface area contributed by atoms with E-state index in [0.29, 0.717) is 18.2 Å². The monoisotopic (exact) mass is 344 g/mol. The van der Waals surface area contributed by atoms with Gasteiger partial charge in [-0.15, -0.1) is 0 Å². The standard InChI is InChI=1S/C20H28N2O3/c1-14(2)11-17-16(12-18(23)25-20(3,4)5)21-19(24)22(17)13-15-9-7-6-8-10-15/h6-10,12,14,17H,11,13H2,1-5H3,(H,21,24)/b16-12-/t17-/m0/s1. The fraction of sp³-hybridized carbons (Fsp3) is 0.500.